The lowest BCUT2D eigenvalue weighted by Gasteiger charge is -2.05. The van der Waals surface area contributed by atoms with Crippen LogP contribution in [-0.2, 0) is 6.61 Å². The summed E-state index contributed by atoms with van der Waals surface area (Å²) in [5.74, 6) is -0.304. The molecule has 94 valence electrons. The van der Waals surface area contributed by atoms with E-state index in [1.807, 2.05) is 31.2 Å². The van der Waals surface area contributed by atoms with Crippen LogP contribution in [-0.4, -0.2) is 21.3 Å². The van der Waals surface area contributed by atoms with Crippen molar-refractivity contribution in [1.82, 2.24) is 10.2 Å². The Morgan fingerprint density at radius 2 is 2.00 bits per heavy atom. The van der Waals surface area contributed by atoms with Crippen LogP contribution >= 0.6 is 0 Å². The van der Waals surface area contributed by atoms with Crippen LogP contribution in [0.3, 0.4) is 0 Å². The van der Waals surface area contributed by atoms with Crippen LogP contribution in [0.4, 0.5) is 0 Å². The number of hydrogen-bond donors (Lipinski definition) is 2. The van der Waals surface area contributed by atoms with Gasteiger partial charge in [-0.05, 0) is 26.0 Å². The lowest BCUT2D eigenvalue weighted by molar-refractivity contribution is 0.0693. The molecule has 1 aromatic heterocycles. The van der Waals surface area contributed by atoms with Gasteiger partial charge in [0.2, 0.25) is 0 Å². The van der Waals surface area contributed by atoms with Crippen LogP contribution in [0.25, 0.3) is 0 Å². The number of aryl methyl sites for hydroxylation is 2. The smallest absolute Gasteiger partial charge is 0.339 e. The molecule has 0 radical (unpaired) electrons. The summed E-state index contributed by atoms with van der Waals surface area (Å²) in [5, 5.41) is 15.6. The zero-order valence-electron chi connectivity index (χ0n) is 10.2. The Balaban J connectivity index is 2.11. The first-order valence-electron chi connectivity index (χ1n) is 5.54. The predicted molar refractivity (Wildman–Crippen MR) is 65.8 cm³/mol. The second-order valence-corrected chi connectivity index (χ2v) is 4.08. The SMILES string of the molecule is Cc1ccc(OCc2n[nH]c(C)c2C(=O)O)cc1. The molecule has 0 aliphatic carbocycles. The molecular weight excluding hydrogens is 232 g/mol. The van der Waals surface area contributed by atoms with Gasteiger partial charge in [-0.1, -0.05) is 17.7 Å². The third-order valence-electron chi connectivity index (χ3n) is 2.63. The van der Waals surface area contributed by atoms with Crippen molar-refractivity contribution >= 4 is 5.97 Å². The summed E-state index contributed by atoms with van der Waals surface area (Å²) in [5.41, 5.74) is 2.26. The van der Waals surface area contributed by atoms with E-state index in [4.69, 9.17) is 9.84 Å². The molecule has 0 saturated carbocycles. The minimum atomic E-state index is -0.997. The minimum Gasteiger partial charge on any atom is -0.487 e. The quantitative estimate of drug-likeness (QED) is 0.868. The Labute approximate surface area is 104 Å². The molecule has 2 rings (SSSR count). The van der Waals surface area contributed by atoms with Gasteiger partial charge in [-0.2, -0.15) is 5.10 Å². The summed E-state index contributed by atoms with van der Waals surface area (Å²) in [6.45, 7) is 3.80. The molecule has 0 spiro atoms. The van der Waals surface area contributed by atoms with Crippen molar-refractivity contribution < 1.29 is 14.6 Å². The molecule has 0 aliphatic heterocycles. The van der Waals surface area contributed by atoms with Crippen LogP contribution < -0.4 is 4.74 Å². The highest BCUT2D eigenvalue weighted by molar-refractivity contribution is 5.90. The van der Waals surface area contributed by atoms with Crippen LogP contribution in [0.1, 0.15) is 27.3 Å². The van der Waals surface area contributed by atoms with Gasteiger partial charge >= 0.3 is 5.97 Å². The second kappa shape index (κ2) is 4.91. The van der Waals surface area contributed by atoms with Crippen LogP contribution in [0, 0.1) is 13.8 Å². The molecule has 2 aromatic rings. The van der Waals surface area contributed by atoms with Gasteiger partial charge in [0.15, 0.2) is 0 Å². The largest absolute Gasteiger partial charge is 0.487 e. The fraction of sp³-hybridized carbons (Fsp3) is 0.231. The lowest BCUT2D eigenvalue weighted by Crippen LogP contribution is -2.05. The number of aromatic amines is 1. The Morgan fingerprint density at radius 3 is 2.61 bits per heavy atom. The zero-order chi connectivity index (χ0) is 13.1. The van der Waals surface area contributed by atoms with E-state index in [0.717, 1.165) is 5.56 Å². The average Bonchev–Trinajstić information content (AvgIpc) is 2.70. The maximum atomic E-state index is 11.0. The highest BCUT2D eigenvalue weighted by Gasteiger charge is 2.17. The highest BCUT2D eigenvalue weighted by atomic mass is 16.5. The molecule has 0 fully saturated rings. The second-order valence-electron chi connectivity index (χ2n) is 4.08. The van der Waals surface area contributed by atoms with E-state index in [9.17, 15) is 4.79 Å². The fourth-order valence-electron chi connectivity index (χ4n) is 1.65. The monoisotopic (exact) mass is 246 g/mol. The third kappa shape index (κ3) is 2.51. The summed E-state index contributed by atoms with van der Waals surface area (Å²) in [6, 6.07) is 7.55. The van der Waals surface area contributed by atoms with Crippen molar-refractivity contribution in [2.24, 2.45) is 0 Å². The molecule has 0 bridgehead atoms. The molecule has 0 amide bonds. The van der Waals surface area contributed by atoms with E-state index in [2.05, 4.69) is 10.2 Å². The van der Waals surface area contributed by atoms with Gasteiger partial charge in [0, 0.05) is 5.69 Å². The molecule has 18 heavy (non-hydrogen) atoms. The van der Waals surface area contributed by atoms with Gasteiger partial charge in [-0.3, -0.25) is 5.10 Å². The standard InChI is InChI=1S/C13H14N2O3/c1-8-3-5-10(6-4-8)18-7-11-12(13(16)17)9(2)14-15-11/h3-6H,7H2,1-2H3,(H,14,15)(H,16,17). The summed E-state index contributed by atoms with van der Waals surface area (Å²) in [4.78, 5) is 11.0. The van der Waals surface area contributed by atoms with Crippen molar-refractivity contribution in [3.05, 3.63) is 46.8 Å². The molecule has 2 N–H and O–H groups in total. The number of carboxylic acid groups (broad SMARTS) is 1. The number of hydrogen-bond acceptors (Lipinski definition) is 3. The fourth-order valence-corrected chi connectivity index (χ4v) is 1.65. The number of carbonyl (C=O) groups is 1. The molecular formula is C13H14N2O3. The number of carboxylic acids is 1. The maximum Gasteiger partial charge on any atom is 0.339 e. The van der Waals surface area contributed by atoms with Crippen molar-refractivity contribution in [1.29, 1.82) is 0 Å². The molecule has 5 nitrogen and oxygen atoms in total. The topological polar surface area (TPSA) is 75.2 Å². The highest BCUT2D eigenvalue weighted by Crippen LogP contribution is 2.16. The van der Waals surface area contributed by atoms with E-state index in [1.165, 1.54) is 0 Å². The number of ether oxygens (including phenoxy) is 1. The van der Waals surface area contributed by atoms with Gasteiger partial charge < -0.3 is 9.84 Å². The van der Waals surface area contributed by atoms with Gasteiger partial charge in [-0.25, -0.2) is 4.79 Å². The van der Waals surface area contributed by atoms with E-state index >= 15 is 0 Å². The lowest BCUT2D eigenvalue weighted by atomic mass is 10.2. The normalized spacial score (nSPS) is 10.3. The van der Waals surface area contributed by atoms with Gasteiger partial charge in [0.05, 0.1) is 0 Å². The average molecular weight is 246 g/mol. The van der Waals surface area contributed by atoms with E-state index in [1.54, 1.807) is 6.92 Å². The predicted octanol–water partition coefficient (Wildman–Crippen LogP) is 2.30. The van der Waals surface area contributed by atoms with Crippen molar-refractivity contribution in [2.45, 2.75) is 20.5 Å². The molecule has 0 saturated heterocycles. The zero-order valence-corrected chi connectivity index (χ0v) is 10.2. The molecule has 1 heterocycles. The van der Waals surface area contributed by atoms with Crippen LogP contribution in [0.15, 0.2) is 24.3 Å². The first-order chi connectivity index (χ1) is 8.58. The Bertz CT molecular complexity index is 558. The van der Waals surface area contributed by atoms with Crippen molar-refractivity contribution in [3.8, 4) is 5.75 Å². The first kappa shape index (κ1) is 12.2. The summed E-state index contributed by atoms with van der Waals surface area (Å²) >= 11 is 0. The van der Waals surface area contributed by atoms with Crippen LogP contribution in [0.2, 0.25) is 0 Å². The van der Waals surface area contributed by atoms with E-state index in [-0.39, 0.29) is 12.2 Å². The van der Waals surface area contributed by atoms with Crippen LogP contribution in [0.5, 0.6) is 5.75 Å². The van der Waals surface area contributed by atoms with E-state index < -0.39 is 5.97 Å². The Hall–Kier alpha value is -2.30. The number of aromatic nitrogens is 2. The summed E-state index contributed by atoms with van der Waals surface area (Å²) in [6.07, 6.45) is 0. The molecule has 0 unspecified atom stereocenters. The third-order valence-corrected chi connectivity index (χ3v) is 2.63. The number of benzene rings is 1. The molecule has 1 aromatic carbocycles. The number of nitrogens with zero attached hydrogens (tertiary/aromatic N) is 1. The number of H-pyrrole nitrogens is 1. The Morgan fingerprint density at radius 1 is 1.33 bits per heavy atom. The maximum absolute atomic E-state index is 11.0. The van der Waals surface area contributed by atoms with Crippen molar-refractivity contribution in [2.75, 3.05) is 0 Å². The molecule has 0 aliphatic rings. The summed E-state index contributed by atoms with van der Waals surface area (Å²) in [7, 11) is 0. The number of aromatic carboxylic acids is 1. The molecule has 0 atom stereocenters. The Kier molecular flexibility index (Phi) is 3.32. The van der Waals surface area contributed by atoms with E-state index in [0.29, 0.717) is 17.1 Å². The summed E-state index contributed by atoms with van der Waals surface area (Å²) < 4.78 is 5.51. The van der Waals surface area contributed by atoms with Gasteiger partial charge in [-0.15, -0.1) is 0 Å². The number of rotatable bonds is 4. The minimum absolute atomic E-state index is 0.134. The van der Waals surface area contributed by atoms with Gasteiger partial charge in [0.25, 0.3) is 0 Å². The first-order valence-corrected chi connectivity index (χ1v) is 5.54. The van der Waals surface area contributed by atoms with Gasteiger partial charge in [0.1, 0.15) is 23.6 Å². The molecule has 5 heteroatoms. The number of nitrogens with one attached hydrogen (secondary N) is 1. The van der Waals surface area contributed by atoms with Crippen molar-refractivity contribution in [3.63, 3.8) is 0 Å².